The van der Waals surface area contributed by atoms with Gasteiger partial charge in [0.15, 0.2) is 0 Å². The Labute approximate surface area is 108 Å². The van der Waals surface area contributed by atoms with Crippen molar-refractivity contribution in [2.45, 2.75) is 5.16 Å². The predicted octanol–water partition coefficient (Wildman–Crippen LogP) is 1.55. The Bertz CT molecular complexity index is 377. The van der Waals surface area contributed by atoms with Crippen LogP contribution >= 0.6 is 23.6 Å². The predicted molar refractivity (Wildman–Crippen MR) is 64.0 cm³/mol. The molecule has 0 radical (unpaired) electrons. The fraction of sp³-hybridized carbons (Fsp3) is 0.556. The molecule has 1 saturated heterocycles. The minimum atomic E-state index is 0.378. The monoisotopic (exact) mass is 277 g/mol. The number of anilines is 1. The van der Waals surface area contributed by atoms with Gasteiger partial charge in [0.05, 0.1) is 20.3 Å². The molecule has 0 atom stereocenters. The zero-order chi connectivity index (χ0) is 12.1. The minimum Gasteiger partial charge on any atom is -0.378 e. The van der Waals surface area contributed by atoms with Crippen molar-refractivity contribution in [3.8, 4) is 0 Å². The van der Waals surface area contributed by atoms with E-state index in [4.69, 9.17) is 20.7 Å². The third-order valence-corrected chi connectivity index (χ3v) is 2.90. The number of aromatic nitrogens is 2. The molecule has 1 fully saturated rings. The minimum absolute atomic E-state index is 0.378. The van der Waals surface area contributed by atoms with Gasteiger partial charge in [0.2, 0.25) is 5.16 Å². The molecule has 17 heavy (non-hydrogen) atoms. The van der Waals surface area contributed by atoms with Crippen LogP contribution in [0.15, 0.2) is 11.2 Å². The molecule has 0 aromatic carbocycles. The zero-order valence-electron chi connectivity index (χ0n) is 9.26. The molecule has 0 spiro atoms. The summed E-state index contributed by atoms with van der Waals surface area (Å²) in [6.45, 7) is 2.97. The maximum absolute atomic E-state index is 5.93. The van der Waals surface area contributed by atoms with Crippen molar-refractivity contribution in [2.24, 2.45) is 0 Å². The molecule has 0 N–H and O–H groups in total. The van der Waals surface area contributed by atoms with Crippen molar-refractivity contribution in [3.05, 3.63) is 11.2 Å². The smallest absolute Gasteiger partial charge is 0.221 e. The molecule has 2 rings (SSSR count). The van der Waals surface area contributed by atoms with E-state index in [9.17, 15) is 0 Å². The van der Waals surface area contributed by atoms with Gasteiger partial charge in [0.25, 0.3) is 0 Å². The van der Waals surface area contributed by atoms with Gasteiger partial charge < -0.3 is 9.64 Å². The van der Waals surface area contributed by atoms with Gasteiger partial charge in [-0.2, -0.15) is 4.33 Å². The second-order valence-electron chi connectivity index (χ2n) is 3.25. The maximum atomic E-state index is 5.93. The first-order valence-electron chi connectivity index (χ1n) is 5.04. The second-order valence-corrected chi connectivity index (χ2v) is 4.30. The van der Waals surface area contributed by atoms with Gasteiger partial charge in [-0.05, 0) is 0 Å². The Morgan fingerprint density at radius 3 is 2.88 bits per heavy atom. The Kier molecular flexibility index (Phi) is 4.81. The number of rotatable bonds is 4. The van der Waals surface area contributed by atoms with Crippen molar-refractivity contribution in [1.29, 1.82) is 0 Å². The Balaban J connectivity index is 2.12. The highest BCUT2D eigenvalue weighted by Gasteiger charge is 2.15. The first-order valence-corrected chi connectivity index (χ1v) is 6.16. The number of hydrogen-bond donors (Lipinski definition) is 0. The Morgan fingerprint density at radius 1 is 1.41 bits per heavy atom. The first-order chi connectivity index (χ1) is 8.29. The summed E-state index contributed by atoms with van der Waals surface area (Å²) in [5.74, 6) is 0.774. The van der Waals surface area contributed by atoms with E-state index < -0.39 is 0 Å². The van der Waals surface area contributed by atoms with E-state index in [-0.39, 0.29) is 0 Å². The average molecular weight is 278 g/mol. The summed E-state index contributed by atoms with van der Waals surface area (Å²) >= 11 is 6.86. The van der Waals surface area contributed by atoms with Crippen LogP contribution in [0.2, 0.25) is 5.15 Å². The first kappa shape index (κ1) is 12.8. The van der Waals surface area contributed by atoms with E-state index >= 15 is 0 Å². The molecule has 1 aromatic heterocycles. The summed E-state index contributed by atoms with van der Waals surface area (Å²) in [5, 5.41) is 0.796. The molecule has 6 nitrogen and oxygen atoms in total. The summed E-state index contributed by atoms with van der Waals surface area (Å²) in [7, 11) is 1.42. The van der Waals surface area contributed by atoms with Crippen molar-refractivity contribution in [3.63, 3.8) is 0 Å². The van der Waals surface area contributed by atoms with E-state index in [1.54, 1.807) is 6.07 Å². The highest BCUT2D eigenvalue weighted by atomic mass is 35.5. The lowest BCUT2D eigenvalue weighted by Crippen LogP contribution is -2.36. The highest BCUT2D eigenvalue weighted by Crippen LogP contribution is 2.22. The molecule has 94 valence electrons. The van der Waals surface area contributed by atoms with Crippen molar-refractivity contribution < 1.29 is 14.0 Å². The van der Waals surface area contributed by atoms with Crippen LogP contribution < -0.4 is 4.90 Å². The van der Waals surface area contributed by atoms with Gasteiger partial charge in [0, 0.05) is 19.2 Å². The summed E-state index contributed by atoms with van der Waals surface area (Å²) in [6.07, 6.45) is 0. The number of ether oxygens (including phenoxy) is 1. The molecule has 0 aliphatic carbocycles. The summed E-state index contributed by atoms with van der Waals surface area (Å²) in [4.78, 5) is 14.9. The third kappa shape index (κ3) is 3.68. The standard InChI is InChI=1S/C9H12ClN3O3S/c1-14-16-17-9-11-7(10)6-8(12-9)13-2-4-15-5-3-13/h6H,2-5H2,1H3. The second kappa shape index (κ2) is 6.36. The molecule has 1 aromatic rings. The fourth-order valence-corrected chi connectivity index (χ4v) is 2.06. The van der Waals surface area contributed by atoms with Crippen LogP contribution in [-0.4, -0.2) is 43.4 Å². The summed E-state index contributed by atoms with van der Waals surface area (Å²) in [6, 6.07) is 1.73. The van der Waals surface area contributed by atoms with Gasteiger partial charge in [-0.1, -0.05) is 11.6 Å². The topological polar surface area (TPSA) is 56.7 Å². The van der Waals surface area contributed by atoms with E-state index in [0.717, 1.165) is 31.0 Å². The number of halogens is 1. The molecule has 1 aliphatic heterocycles. The largest absolute Gasteiger partial charge is 0.378 e. The maximum Gasteiger partial charge on any atom is 0.221 e. The van der Waals surface area contributed by atoms with Crippen LogP contribution in [0.5, 0.6) is 0 Å². The van der Waals surface area contributed by atoms with Gasteiger partial charge in [-0.3, -0.25) is 0 Å². The molecule has 8 heteroatoms. The van der Waals surface area contributed by atoms with E-state index in [2.05, 4.69) is 19.8 Å². The van der Waals surface area contributed by atoms with Gasteiger partial charge in [-0.15, -0.1) is 0 Å². The fourth-order valence-electron chi connectivity index (χ4n) is 1.44. The van der Waals surface area contributed by atoms with E-state index in [1.807, 2.05) is 0 Å². The van der Waals surface area contributed by atoms with Crippen molar-refractivity contribution in [1.82, 2.24) is 9.97 Å². The Hall–Kier alpha value is -0.600. The van der Waals surface area contributed by atoms with E-state index in [1.165, 1.54) is 7.11 Å². The third-order valence-electron chi connectivity index (χ3n) is 2.17. The molecular weight excluding hydrogens is 266 g/mol. The molecular formula is C9H12ClN3O3S. The Morgan fingerprint density at radius 2 is 2.18 bits per heavy atom. The molecule has 0 saturated carbocycles. The lowest BCUT2D eigenvalue weighted by molar-refractivity contribution is -0.160. The lowest BCUT2D eigenvalue weighted by Gasteiger charge is -2.27. The lowest BCUT2D eigenvalue weighted by atomic mass is 10.4. The SMILES string of the molecule is COOSc1nc(Cl)cc(N2CCOCC2)n1. The number of nitrogens with zero attached hydrogens (tertiary/aromatic N) is 3. The molecule has 2 heterocycles. The van der Waals surface area contributed by atoms with Crippen LogP contribution in [0.25, 0.3) is 0 Å². The van der Waals surface area contributed by atoms with Crippen LogP contribution in [0.3, 0.4) is 0 Å². The zero-order valence-corrected chi connectivity index (χ0v) is 10.8. The van der Waals surface area contributed by atoms with E-state index in [0.29, 0.717) is 23.5 Å². The highest BCUT2D eigenvalue weighted by molar-refractivity contribution is 7.94. The molecule has 1 aliphatic rings. The normalized spacial score (nSPS) is 16.2. The number of morpholine rings is 1. The summed E-state index contributed by atoms with van der Waals surface area (Å²) < 4.78 is 9.99. The molecule has 0 amide bonds. The molecule has 0 bridgehead atoms. The summed E-state index contributed by atoms with van der Waals surface area (Å²) in [5.41, 5.74) is 0. The van der Waals surface area contributed by atoms with Crippen LogP contribution in [0.4, 0.5) is 5.82 Å². The molecule has 0 unspecified atom stereocenters. The van der Waals surface area contributed by atoms with Crippen LogP contribution in [0.1, 0.15) is 0 Å². The van der Waals surface area contributed by atoms with Gasteiger partial charge in [-0.25, -0.2) is 14.9 Å². The average Bonchev–Trinajstić information content (AvgIpc) is 2.37. The van der Waals surface area contributed by atoms with Crippen molar-refractivity contribution in [2.75, 3.05) is 38.3 Å². The van der Waals surface area contributed by atoms with Gasteiger partial charge in [0.1, 0.15) is 23.0 Å². The quantitative estimate of drug-likeness (QED) is 0.272. The van der Waals surface area contributed by atoms with Crippen LogP contribution in [0, 0.1) is 0 Å². The van der Waals surface area contributed by atoms with Gasteiger partial charge >= 0.3 is 0 Å². The number of hydrogen-bond acceptors (Lipinski definition) is 7. The van der Waals surface area contributed by atoms with Crippen LogP contribution in [-0.2, 0) is 14.0 Å². The van der Waals surface area contributed by atoms with Crippen molar-refractivity contribution >= 4 is 29.5 Å².